The zero-order chi connectivity index (χ0) is 14.7. The SMILES string of the molecule is Cc1cc(F)ccc1OCc1ccc(C(N)=S)cc1F. The minimum atomic E-state index is -0.435. The van der Waals surface area contributed by atoms with Crippen molar-refractivity contribution in [1.82, 2.24) is 0 Å². The molecular weight excluding hydrogens is 280 g/mol. The van der Waals surface area contributed by atoms with Crippen LogP contribution in [0.3, 0.4) is 0 Å². The van der Waals surface area contributed by atoms with Crippen molar-refractivity contribution in [2.24, 2.45) is 5.73 Å². The van der Waals surface area contributed by atoms with Crippen LogP contribution in [0.1, 0.15) is 16.7 Å². The molecule has 104 valence electrons. The Balaban J connectivity index is 2.13. The van der Waals surface area contributed by atoms with Gasteiger partial charge in [-0.15, -0.1) is 0 Å². The third-order valence-electron chi connectivity index (χ3n) is 2.86. The Morgan fingerprint density at radius 3 is 2.55 bits per heavy atom. The number of halogens is 2. The van der Waals surface area contributed by atoms with Crippen LogP contribution in [0.4, 0.5) is 8.78 Å². The van der Waals surface area contributed by atoms with Gasteiger partial charge < -0.3 is 10.5 Å². The zero-order valence-electron chi connectivity index (χ0n) is 10.8. The van der Waals surface area contributed by atoms with Gasteiger partial charge in [-0.3, -0.25) is 0 Å². The highest BCUT2D eigenvalue weighted by atomic mass is 32.1. The maximum absolute atomic E-state index is 13.8. The molecule has 0 aliphatic rings. The van der Waals surface area contributed by atoms with E-state index in [1.54, 1.807) is 19.1 Å². The molecule has 0 fully saturated rings. The first-order chi connectivity index (χ1) is 9.47. The summed E-state index contributed by atoms with van der Waals surface area (Å²) < 4.78 is 32.3. The quantitative estimate of drug-likeness (QED) is 0.877. The monoisotopic (exact) mass is 293 g/mol. The molecule has 0 spiro atoms. The molecule has 0 amide bonds. The largest absolute Gasteiger partial charge is 0.489 e. The lowest BCUT2D eigenvalue weighted by atomic mass is 10.1. The first-order valence-corrected chi connectivity index (χ1v) is 6.35. The first-order valence-electron chi connectivity index (χ1n) is 5.94. The van der Waals surface area contributed by atoms with Crippen molar-refractivity contribution >= 4 is 17.2 Å². The number of aryl methyl sites for hydroxylation is 1. The number of hydrogen-bond acceptors (Lipinski definition) is 2. The highest BCUT2D eigenvalue weighted by molar-refractivity contribution is 7.80. The van der Waals surface area contributed by atoms with Gasteiger partial charge in [0, 0.05) is 11.1 Å². The third kappa shape index (κ3) is 3.30. The molecule has 0 bridgehead atoms. The number of hydrogen-bond donors (Lipinski definition) is 1. The van der Waals surface area contributed by atoms with Gasteiger partial charge >= 0.3 is 0 Å². The molecule has 0 radical (unpaired) electrons. The van der Waals surface area contributed by atoms with Gasteiger partial charge in [0.2, 0.25) is 0 Å². The number of ether oxygens (including phenoxy) is 1. The second-order valence-electron chi connectivity index (χ2n) is 4.37. The molecule has 0 heterocycles. The Morgan fingerprint density at radius 2 is 1.95 bits per heavy atom. The Hall–Kier alpha value is -2.01. The lowest BCUT2D eigenvalue weighted by Gasteiger charge is -2.10. The Labute approximate surface area is 121 Å². The van der Waals surface area contributed by atoms with Crippen LogP contribution >= 0.6 is 12.2 Å². The summed E-state index contributed by atoms with van der Waals surface area (Å²) in [6.07, 6.45) is 0. The molecule has 0 atom stereocenters. The minimum Gasteiger partial charge on any atom is -0.489 e. The van der Waals surface area contributed by atoms with Crippen molar-refractivity contribution in [3.05, 3.63) is 64.7 Å². The maximum atomic E-state index is 13.8. The average molecular weight is 293 g/mol. The van der Waals surface area contributed by atoms with Crippen LogP contribution in [0.25, 0.3) is 0 Å². The van der Waals surface area contributed by atoms with Crippen LogP contribution < -0.4 is 10.5 Å². The fourth-order valence-corrected chi connectivity index (χ4v) is 1.87. The fourth-order valence-electron chi connectivity index (χ4n) is 1.75. The van der Waals surface area contributed by atoms with Gasteiger partial charge in [-0.05, 0) is 36.8 Å². The molecule has 2 nitrogen and oxygen atoms in total. The van der Waals surface area contributed by atoms with Gasteiger partial charge in [0.15, 0.2) is 0 Å². The van der Waals surface area contributed by atoms with Gasteiger partial charge in [0.05, 0.1) is 0 Å². The second kappa shape index (κ2) is 5.96. The number of rotatable bonds is 4. The molecule has 2 aromatic carbocycles. The Kier molecular flexibility index (Phi) is 4.29. The molecule has 2 aromatic rings. The molecule has 20 heavy (non-hydrogen) atoms. The molecule has 0 aliphatic carbocycles. The lowest BCUT2D eigenvalue weighted by molar-refractivity contribution is 0.297. The van der Waals surface area contributed by atoms with Crippen LogP contribution in [0.5, 0.6) is 5.75 Å². The van der Waals surface area contributed by atoms with Crippen LogP contribution in [-0.4, -0.2) is 4.99 Å². The predicted molar refractivity (Wildman–Crippen MR) is 77.8 cm³/mol. The van der Waals surface area contributed by atoms with Crippen molar-refractivity contribution in [2.75, 3.05) is 0 Å². The van der Waals surface area contributed by atoms with Crippen molar-refractivity contribution in [3.8, 4) is 5.75 Å². The molecule has 0 aromatic heterocycles. The molecule has 0 saturated carbocycles. The summed E-state index contributed by atoms with van der Waals surface area (Å²) in [5, 5.41) is 0. The molecule has 0 aliphatic heterocycles. The van der Waals surface area contributed by atoms with Crippen molar-refractivity contribution in [3.63, 3.8) is 0 Å². The van der Waals surface area contributed by atoms with E-state index in [2.05, 4.69) is 0 Å². The lowest BCUT2D eigenvalue weighted by Crippen LogP contribution is -2.10. The highest BCUT2D eigenvalue weighted by Gasteiger charge is 2.07. The predicted octanol–water partition coefficient (Wildman–Crippen LogP) is 3.49. The number of thiocarbonyl (C=S) groups is 1. The molecule has 2 N–H and O–H groups in total. The summed E-state index contributed by atoms with van der Waals surface area (Å²) in [6.45, 7) is 1.78. The van der Waals surface area contributed by atoms with Gasteiger partial charge in [0.1, 0.15) is 29.0 Å². The van der Waals surface area contributed by atoms with E-state index in [0.717, 1.165) is 0 Å². The third-order valence-corrected chi connectivity index (χ3v) is 3.09. The van der Waals surface area contributed by atoms with Crippen LogP contribution in [-0.2, 0) is 6.61 Å². The molecule has 5 heteroatoms. The van der Waals surface area contributed by atoms with E-state index >= 15 is 0 Å². The van der Waals surface area contributed by atoms with E-state index in [1.807, 2.05) is 0 Å². The summed E-state index contributed by atoms with van der Waals surface area (Å²) in [5.74, 6) is -0.249. The van der Waals surface area contributed by atoms with E-state index in [9.17, 15) is 8.78 Å². The fraction of sp³-hybridized carbons (Fsp3) is 0.133. The van der Waals surface area contributed by atoms with Gasteiger partial charge in [0.25, 0.3) is 0 Å². The maximum Gasteiger partial charge on any atom is 0.130 e. The first kappa shape index (κ1) is 14.4. The molecule has 0 unspecified atom stereocenters. The van der Waals surface area contributed by atoms with Gasteiger partial charge in [-0.25, -0.2) is 8.78 Å². The number of benzene rings is 2. The van der Waals surface area contributed by atoms with E-state index in [-0.39, 0.29) is 17.4 Å². The van der Waals surface area contributed by atoms with E-state index in [1.165, 1.54) is 24.3 Å². The minimum absolute atomic E-state index is 0.0515. The van der Waals surface area contributed by atoms with Crippen molar-refractivity contribution in [2.45, 2.75) is 13.5 Å². The topological polar surface area (TPSA) is 35.2 Å². The Bertz CT molecular complexity index is 658. The zero-order valence-corrected chi connectivity index (χ0v) is 11.6. The smallest absolute Gasteiger partial charge is 0.130 e. The normalized spacial score (nSPS) is 10.3. The summed E-state index contributed by atoms with van der Waals surface area (Å²) in [4.78, 5) is 0.144. The number of nitrogens with two attached hydrogens (primary N) is 1. The summed E-state index contributed by atoms with van der Waals surface area (Å²) in [5.41, 5.74) is 6.94. The Morgan fingerprint density at radius 1 is 1.20 bits per heavy atom. The second-order valence-corrected chi connectivity index (χ2v) is 4.81. The van der Waals surface area contributed by atoms with Crippen LogP contribution in [0.2, 0.25) is 0 Å². The molecular formula is C15H13F2NOS. The van der Waals surface area contributed by atoms with Crippen LogP contribution in [0, 0.1) is 18.6 Å². The standard InChI is InChI=1S/C15H13F2NOS/c1-9-6-12(16)4-5-14(9)19-8-11-3-2-10(15(18)20)7-13(11)17/h2-7H,8H2,1H3,(H2,18,20). The van der Waals surface area contributed by atoms with Crippen molar-refractivity contribution < 1.29 is 13.5 Å². The van der Waals surface area contributed by atoms with Crippen LogP contribution in [0.15, 0.2) is 36.4 Å². The van der Waals surface area contributed by atoms with Crippen molar-refractivity contribution in [1.29, 1.82) is 0 Å². The summed E-state index contributed by atoms with van der Waals surface area (Å²) in [6, 6.07) is 8.67. The van der Waals surface area contributed by atoms with E-state index in [0.29, 0.717) is 22.4 Å². The van der Waals surface area contributed by atoms with E-state index in [4.69, 9.17) is 22.7 Å². The van der Waals surface area contributed by atoms with Gasteiger partial charge in [-0.2, -0.15) is 0 Å². The molecule has 0 saturated heterocycles. The highest BCUT2D eigenvalue weighted by Crippen LogP contribution is 2.20. The summed E-state index contributed by atoms with van der Waals surface area (Å²) in [7, 11) is 0. The average Bonchev–Trinajstić information content (AvgIpc) is 2.38. The summed E-state index contributed by atoms with van der Waals surface area (Å²) >= 11 is 4.78. The van der Waals surface area contributed by atoms with E-state index < -0.39 is 5.82 Å². The molecule has 2 rings (SSSR count). The van der Waals surface area contributed by atoms with Gasteiger partial charge in [-0.1, -0.05) is 24.4 Å².